The Morgan fingerprint density at radius 1 is 0.744 bits per heavy atom. The Hall–Kier alpha value is -2.27. The van der Waals surface area contributed by atoms with Gasteiger partial charge in [-0.05, 0) is 47.9 Å². The lowest BCUT2D eigenvalue weighted by Gasteiger charge is -2.20. The summed E-state index contributed by atoms with van der Waals surface area (Å²) in [5, 5.41) is 4.30. The SMILES string of the molecule is CC(C)c1cccc(C(C)C)c1NC(=O)CCCCCCCCCCCCCCSc1nc2ccccc2[nH]1. The van der Waals surface area contributed by atoms with Gasteiger partial charge in [0.15, 0.2) is 5.16 Å². The van der Waals surface area contributed by atoms with Crippen LogP contribution in [0.25, 0.3) is 11.0 Å². The third-order valence-corrected chi connectivity index (χ3v) is 8.50. The van der Waals surface area contributed by atoms with Gasteiger partial charge in [0.05, 0.1) is 11.0 Å². The first-order valence-electron chi connectivity index (χ1n) is 15.5. The van der Waals surface area contributed by atoms with Crippen LogP contribution in [0.4, 0.5) is 5.69 Å². The van der Waals surface area contributed by atoms with Gasteiger partial charge in [-0.1, -0.05) is 134 Å². The lowest BCUT2D eigenvalue weighted by Crippen LogP contribution is -2.15. The first-order valence-corrected chi connectivity index (χ1v) is 16.4. The number of fused-ring (bicyclic) bond motifs is 1. The molecule has 0 aliphatic carbocycles. The number of nitrogens with zero attached hydrogens (tertiary/aromatic N) is 1. The molecule has 0 spiro atoms. The van der Waals surface area contributed by atoms with Crippen molar-refractivity contribution in [1.29, 1.82) is 0 Å². The summed E-state index contributed by atoms with van der Waals surface area (Å²) in [4.78, 5) is 20.7. The van der Waals surface area contributed by atoms with Crippen LogP contribution in [0.15, 0.2) is 47.6 Å². The Bertz CT molecular complexity index is 1060. The van der Waals surface area contributed by atoms with Gasteiger partial charge >= 0.3 is 0 Å². The molecule has 5 heteroatoms. The van der Waals surface area contributed by atoms with Crippen molar-refractivity contribution in [3.05, 3.63) is 53.6 Å². The van der Waals surface area contributed by atoms with Crippen LogP contribution in [0.1, 0.15) is 134 Å². The predicted octanol–water partition coefficient (Wildman–Crippen LogP) is 10.6. The van der Waals surface area contributed by atoms with Gasteiger partial charge in [0, 0.05) is 17.9 Å². The maximum Gasteiger partial charge on any atom is 0.224 e. The molecule has 0 unspecified atom stereocenters. The summed E-state index contributed by atoms with van der Waals surface area (Å²) >= 11 is 1.84. The topological polar surface area (TPSA) is 57.8 Å². The number of hydrogen-bond donors (Lipinski definition) is 2. The molecular weight excluding hydrogens is 498 g/mol. The van der Waals surface area contributed by atoms with E-state index in [1.807, 2.05) is 17.8 Å². The summed E-state index contributed by atoms with van der Waals surface area (Å²) in [5.41, 5.74) is 5.73. The third-order valence-electron chi connectivity index (χ3n) is 7.54. The second-order valence-corrected chi connectivity index (χ2v) is 12.7. The Kier molecular flexibility index (Phi) is 14.0. The lowest BCUT2D eigenvalue weighted by atomic mass is 9.92. The molecule has 4 nitrogen and oxygen atoms in total. The zero-order valence-corrected chi connectivity index (χ0v) is 25.7. The van der Waals surface area contributed by atoms with Crippen molar-refractivity contribution in [1.82, 2.24) is 9.97 Å². The van der Waals surface area contributed by atoms with E-state index >= 15 is 0 Å². The second kappa shape index (κ2) is 17.4. The number of unbranched alkanes of at least 4 members (excludes halogenated alkanes) is 11. The first kappa shape index (κ1) is 31.3. The molecule has 39 heavy (non-hydrogen) atoms. The number of H-pyrrole nitrogens is 1. The summed E-state index contributed by atoms with van der Waals surface area (Å²) in [6.45, 7) is 8.78. The molecule has 1 amide bonds. The smallest absolute Gasteiger partial charge is 0.224 e. The molecule has 0 aliphatic heterocycles. The van der Waals surface area contributed by atoms with Crippen molar-refractivity contribution in [3.8, 4) is 0 Å². The van der Waals surface area contributed by atoms with Gasteiger partial charge in [0.25, 0.3) is 0 Å². The van der Waals surface area contributed by atoms with Crippen LogP contribution in [0.3, 0.4) is 0 Å². The predicted molar refractivity (Wildman–Crippen MR) is 170 cm³/mol. The number of anilines is 1. The van der Waals surface area contributed by atoms with E-state index in [-0.39, 0.29) is 5.91 Å². The molecule has 3 aromatic rings. The number of rotatable bonds is 19. The van der Waals surface area contributed by atoms with Crippen LogP contribution >= 0.6 is 11.8 Å². The van der Waals surface area contributed by atoms with E-state index in [1.165, 1.54) is 75.3 Å². The molecular formula is C34H51N3OS. The highest BCUT2D eigenvalue weighted by atomic mass is 32.2. The number of aromatic nitrogens is 2. The largest absolute Gasteiger partial charge is 0.333 e. The van der Waals surface area contributed by atoms with Gasteiger partial charge in [0.1, 0.15) is 0 Å². The standard InChI is InChI=1S/C34H51N3OS/c1-26(2)28-20-19-21-29(27(3)4)33(28)37-32(38)24-15-13-11-9-7-5-6-8-10-12-14-18-25-39-34-35-30-22-16-17-23-31(30)36-34/h16-17,19-23,26-27H,5-15,18,24-25H2,1-4H3,(H,35,36)(H,37,38). The zero-order chi connectivity index (χ0) is 27.9. The van der Waals surface area contributed by atoms with E-state index in [9.17, 15) is 4.79 Å². The highest BCUT2D eigenvalue weighted by Gasteiger charge is 2.15. The Morgan fingerprint density at radius 2 is 1.28 bits per heavy atom. The van der Waals surface area contributed by atoms with Crippen LogP contribution in [-0.4, -0.2) is 21.6 Å². The van der Waals surface area contributed by atoms with Crippen LogP contribution in [0.2, 0.25) is 0 Å². The number of carbonyl (C=O) groups is 1. The summed E-state index contributed by atoms with van der Waals surface area (Å²) < 4.78 is 0. The van der Waals surface area contributed by atoms with Gasteiger partial charge in [-0.2, -0.15) is 0 Å². The fraction of sp³-hybridized carbons (Fsp3) is 0.588. The van der Waals surface area contributed by atoms with E-state index in [2.05, 4.69) is 79.4 Å². The number of para-hydroxylation sites is 3. The minimum Gasteiger partial charge on any atom is -0.333 e. The quantitative estimate of drug-likeness (QED) is 0.115. The molecule has 3 rings (SSSR count). The second-order valence-electron chi connectivity index (χ2n) is 11.6. The molecule has 0 atom stereocenters. The zero-order valence-electron chi connectivity index (χ0n) is 24.9. The number of thioether (sulfide) groups is 1. The average molecular weight is 550 g/mol. The molecule has 1 heterocycles. The molecule has 0 saturated heterocycles. The lowest BCUT2D eigenvalue weighted by molar-refractivity contribution is -0.116. The minimum atomic E-state index is 0.165. The maximum atomic E-state index is 12.7. The van der Waals surface area contributed by atoms with E-state index in [4.69, 9.17) is 0 Å². The Balaban J connectivity index is 1.13. The molecule has 0 fully saturated rings. The van der Waals surface area contributed by atoms with E-state index < -0.39 is 0 Å². The van der Waals surface area contributed by atoms with Crippen LogP contribution in [-0.2, 0) is 4.79 Å². The van der Waals surface area contributed by atoms with Crippen molar-refractivity contribution in [2.45, 2.75) is 128 Å². The van der Waals surface area contributed by atoms with Gasteiger partial charge < -0.3 is 10.3 Å². The fourth-order valence-corrected chi connectivity index (χ4v) is 6.11. The van der Waals surface area contributed by atoms with Crippen molar-refractivity contribution in [2.24, 2.45) is 0 Å². The molecule has 0 radical (unpaired) electrons. The number of carbonyl (C=O) groups excluding carboxylic acids is 1. The normalized spacial score (nSPS) is 11.6. The monoisotopic (exact) mass is 549 g/mol. The minimum absolute atomic E-state index is 0.165. The number of amides is 1. The third kappa shape index (κ3) is 11.0. The van der Waals surface area contributed by atoms with E-state index in [0.717, 1.165) is 40.5 Å². The van der Waals surface area contributed by atoms with E-state index in [0.29, 0.717) is 18.3 Å². The number of nitrogens with one attached hydrogen (secondary N) is 2. The fourth-order valence-electron chi connectivity index (χ4n) is 5.22. The van der Waals surface area contributed by atoms with Crippen LogP contribution in [0.5, 0.6) is 0 Å². The average Bonchev–Trinajstić information content (AvgIpc) is 3.33. The first-order chi connectivity index (χ1) is 19.0. The van der Waals surface area contributed by atoms with Gasteiger partial charge in [-0.25, -0.2) is 4.98 Å². The van der Waals surface area contributed by atoms with E-state index in [1.54, 1.807) is 0 Å². The summed E-state index contributed by atoms with van der Waals surface area (Å²) in [6, 6.07) is 14.7. The molecule has 0 saturated carbocycles. The van der Waals surface area contributed by atoms with Crippen LogP contribution < -0.4 is 5.32 Å². The summed E-state index contributed by atoms with van der Waals surface area (Å²) in [6.07, 6.45) is 16.0. The molecule has 2 aromatic carbocycles. The van der Waals surface area contributed by atoms with Crippen molar-refractivity contribution in [2.75, 3.05) is 11.1 Å². The molecule has 0 bridgehead atoms. The highest BCUT2D eigenvalue weighted by molar-refractivity contribution is 7.99. The van der Waals surface area contributed by atoms with Gasteiger partial charge in [0.2, 0.25) is 5.91 Å². The number of imidazole rings is 1. The van der Waals surface area contributed by atoms with Gasteiger partial charge in [-0.15, -0.1) is 0 Å². The molecule has 2 N–H and O–H groups in total. The van der Waals surface area contributed by atoms with Gasteiger partial charge in [-0.3, -0.25) is 4.79 Å². The summed E-state index contributed by atoms with van der Waals surface area (Å²) in [7, 11) is 0. The molecule has 214 valence electrons. The molecule has 0 aliphatic rings. The van der Waals surface area contributed by atoms with Crippen molar-refractivity contribution in [3.63, 3.8) is 0 Å². The van der Waals surface area contributed by atoms with Crippen LogP contribution in [0, 0.1) is 0 Å². The number of benzene rings is 2. The van der Waals surface area contributed by atoms with Crippen molar-refractivity contribution < 1.29 is 4.79 Å². The Morgan fingerprint density at radius 3 is 1.85 bits per heavy atom. The number of aromatic amines is 1. The summed E-state index contributed by atoms with van der Waals surface area (Å²) in [5.74, 6) is 2.11. The molecule has 1 aromatic heterocycles. The Labute approximate surface area is 241 Å². The highest BCUT2D eigenvalue weighted by Crippen LogP contribution is 2.32. The van der Waals surface area contributed by atoms with Crippen molar-refractivity contribution >= 4 is 34.4 Å². The maximum absolute atomic E-state index is 12.7. The number of hydrogen-bond acceptors (Lipinski definition) is 3.